The normalized spacial score (nSPS) is 11.7. The lowest BCUT2D eigenvalue weighted by atomic mass is 10.1. The second-order valence-corrected chi connectivity index (χ2v) is 6.84. The van der Waals surface area contributed by atoms with Crippen LogP contribution in [0.15, 0.2) is 18.2 Å². The highest BCUT2D eigenvalue weighted by atomic mass is 32.1. The molecule has 0 spiro atoms. The van der Waals surface area contributed by atoms with Gasteiger partial charge < -0.3 is 20.9 Å². The van der Waals surface area contributed by atoms with Crippen LogP contribution in [0.2, 0.25) is 0 Å². The van der Waals surface area contributed by atoms with Gasteiger partial charge in [0.05, 0.1) is 0 Å². The number of ether oxygens (including phenoxy) is 1. The second-order valence-electron chi connectivity index (χ2n) is 6.06. The second kappa shape index (κ2) is 9.28. The molecule has 0 bridgehead atoms. The van der Waals surface area contributed by atoms with Gasteiger partial charge in [-0.3, -0.25) is 10.1 Å². The number of rotatable bonds is 8. The van der Waals surface area contributed by atoms with E-state index in [1.807, 2.05) is 0 Å². The van der Waals surface area contributed by atoms with Gasteiger partial charge in [0.2, 0.25) is 5.88 Å². The minimum Gasteiger partial charge on any atom is -0.471 e. The molecule has 1 heterocycles. The Kier molecular flexibility index (Phi) is 7.08. The van der Waals surface area contributed by atoms with E-state index in [1.165, 1.54) is 6.07 Å². The number of nitrogens with two attached hydrogens (primary N) is 1. The minimum absolute atomic E-state index is 0.0685. The summed E-state index contributed by atoms with van der Waals surface area (Å²) in [5.74, 6) is -1.45. The van der Waals surface area contributed by atoms with E-state index >= 15 is 0 Å². The number of carbonyl (C=O) groups excluding carboxylic acids is 2. The SMILES string of the molecule is Cc1ccc(COc2nsc(NC(=O)NCC(C)CO)c2C(N)=O)c(F)c1. The van der Waals surface area contributed by atoms with Crippen LogP contribution in [0.25, 0.3) is 0 Å². The summed E-state index contributed by atoms with van der Waals surface area (Å²) in [4.78, 5) is 23.7. The third-order valence-electron chi connectivity index (χ3n) is 3.63. The van der Waals surface area contributed by atoms with Crippen molar-refractivity contribution in [3.63, 3.8) is 0 Å². The zero-order valence-electron chi connectivity index (χ0n) is 14.9. The first kappa shape index (κ1) is 20.6. The van der Waals surface area contributed by atoms with Gasteiger partial charge in [-0.05, 0) is 36.0 Å². The molecule has 10 heteroatoms. The Hall–Kier alpha value is -2.72. The molecule has 8 nitrogen and oxygen atoms in total. The van der Waals surface area contributed by atoms with Crippen molar-refractivity contribution >= 4 is 28.5 Å². The first-order chi connectivity index (χ1) is 12.8. The zero-order chi connectivity index (χ0) is 20.0. The van der Waals surface area contributed by atoms with Crippen LogP contribution < -0.4 is 21.1 Å². The molecule has 2 rings (SSSR count). The number of primary amides is 1. The molecule has 1 unspecified atom stereocenters. The molecule has 5 N–H and O–H groups in total. The Balaban J connectivity index is 2.07. The molecular weight excluding hydrogens is 375 g/mol. The fourth-order valence-electron chi connectivity index (χ4n) is 2.07. The fraction of sp³-hybridized carbons (Fsp3) is 0.353. The highest BCUT2D eigenvalue weighted by molar-refractivity contribution is 7.11. The van der Waals surface area contributed by atoms with Gasteiger partial charge in [0, 0.05) is 18.7 Å². The van der Waals surface area contributed by atoms with E-state index in [2.05, 4.69) is 15.0 Å². The van der Waals surface area contributed by atoms with Crippen molar-refractivity contribution in [1.29, 1.82) is 0 Å². The average molecular weight is 396 g/mol. The van der Waals surface area contributed by atoms with Crippen molar-refractivity contribution < 1.29 is 23.8 Å². The van der Waals surface area contributed by atoms with E-state index < -0.39 is 17.8 Å². The minimum atomic E-state index is -0.831. The molecule has 0 radical (unpaired) electrons. The Bertz CT molecular complexity index is 827. The lowest BCUT2D eigenvalue weighted by molar-refractivity contribution is 0.0996. The van der Waals surface area contributed by atoms with Crippen molar-refractivity contribution in [2.24, 2.45) is 11.7 Å². The number of halogens is 1. The lowest BCUT2D eigenvalue weighted by Gasteiger charge is -2.10. The number of aromatic nitrogens is 1. The number of nitrogens with one attached hydrogen (secondary N) is 2. The number of amides is 3. The number of aliphatic hydroxyl groups is 1. The summed E-state index contributed by atoms with van der Waals surface area (Å²) in [5.41, 5.74) is 6.36. The predicted molar refractivity (Wildman–Crippen MR) is 99.4 cm³/mol. The van der Waals surface area contributed by atoms with Crippen LogP contribution in [0.4, 0.5) is 14.2 Å². The number of aliphatic hydroxyl groups excluding tert-OH is 1. The number of carbonyl (C=O) groups is 2. The molecule has 0 aliphatic rings. The summed E-state index contributed by atoms with van der Waals surface area (Å²) in [6.07, 6.45) is 0. The molecule has 0 aliphatic heterocycles. The van der Waals surface area contributed by atoms with Gasteiger partial charge in [-0.2, -0.15) is 4.37 Å². The van der Waals surface area contributed by atoms with Crippen LogP contribution >= 0.6 is 11.5 Å². The van der Waals surface area contributed by atoms with Gasteiger partial charge >= 0.3 is 6.03 Å². The van der Waals surface area contributed by atoms with E-state index in [0.717, 1.165) is 17.1 Å². The van der Waals surface area contributed by atoms with E-state index in [9.17, 15) is 14.0 Å². The fourth-order valence-corrected chi connectivity index (χ4v) is 2.81. The van der Waals surface area contributed by atoms with Crippen LogP contribution in [0, 0.1) is 18.7 Å². The summed E-state index contributed by atoms with van der Waals surface area (Å²) in [6.45, 7) is 3.57. The molecule has 0 aliphatic carbocycles. The van der Waals surface area contributed by atoms with Crippen LogP contribution in [-0.2, 0) is 6.61 Å². The number of hydrogen-bond donors (Lipinski definition) is 4. The number of nitrogens with zero attached hydrogens (tertiary/aromatic N) is 1. The van der Waals surface area contributed by atoms with E-state index in [1.54, 1.807) is 26.0 Å². The maximum atomic E-state index is 13.9. The van der Waals surface area contributed by atoms with Crippen molar-refractivity contribution in [2.45, 2.75) is 20.5 Å². The monoisotopic (exact) mass is 396 g/mol. The van der Waals surface area contributed by atoms with Gasteiger partial charge in [-0.25, -0.2) is 9.18 Å². The predicted octanol–water partition coefficient (Wildman–Crippen LogP) is 2.02. The molecule has 0 saturated heterocycles. The maximum Gasteiger partial charge on any atom is 0.319 e. The third kappa shape index (κ3) is 5.63. The van der Waals surface area contributed by atoms with Crippen LogP contribution in [0.5, 0.6) is 5.88 Å². The van der Waals surface area contributed by atoms with Crippen molar-refractivity contribution in [2.75, 3.05) is 18.5 Å². The van der Waals surface area contributed by atoms with Crippen molar-refractivity contribution in [3.8, 4) is 5.88 Å². The summed E-state index contributed by atoms with van der Waals surface area (Å²) < 4.78 is 23.3. The Morgan fingerprint density at radius 1 is 1.44 bits per heavy atom. The topological polar surface area (TPSA) is 127 Å². The molecule has 2 aromatic rings. The van der Waals surface area contributed by atoms with Gasteiger partial charge in [0.25, 0.3) is 5.91 Å². The summed E-state index contributed by atoms with van der Waals surface area (Å²) in [6, 6.07) is 4.12. The van der Waals surface area contributed by atoms with Crippen LogP contribution in [0.1, 0.15) is 28.4 Å². The van der Waals surface area contributed by atoms with E-state index in [-0.39, 0.29) is 42.1 Å². The molecule has 0 saturated carbocycles. The molecule has 146 valence electrons. The highest BCUT2D eigenvalue weighted by Crippen LogP contribution is 2.30. The van der Waals surface area contributed by atoms with Crippen LogP contribution in [-0.4, -0.2) is 34.6 Å². The smallest absolute Gasteiger partial charge is 0.319 e. The number of urea groups is 1. The van der Waals surface area contributed by atoms with Gasteiger partial charge in [0.1, 0.15) is 23.0 Å². The van der Waals surface area contributed by atoms with Crippen molar-refractivity contribution in [3.05, 3.63) is 40.7 Å². The molecular formula is C17H21FN4O4S. The zero-order valence-corrected chi connectivity index (χ0v) is 15.7. The maximum absolute atomic E-state index is 13.9. The Labute approximate surface area is 159 Å². The quantitative estimate of drug-likeness (QED) is 0.543. The van der Waals surface area contributed by atoms with Gasteiger partial charge in [-0.15, -0.1) is 0 Å². The van der Waals surface area contributed by atoms with Crippen molar-refractivity contribution in [1.82, 2.24) is 9.69 Å². The summed E-state index contributed by atoms with van der Waals surface area (Å²) in [5, 5.41) is 14.1. The first-order valence-corrected chi connectivity index (χ1v) is 8.92. The van der Waals surface area contributed by atoms with Gasteiger partial charge in [-0.1, -0.05) is 19.1 Å². The summed E-state index contributed by atoms with van der Waals surface area (Å²) in [7, 11) is 0. The van der Waals surface area contributed by atoms with E-state index in [0.29, 0.717) is 5.56 Å². The molecule has 3 amide bonds. The molecule has 0 fully saturated rings. The Morgan fingerprint density at radius 2 is 2.19 bits per heavy atom. The lowest BCUT2D eigenvalue weighted by Crippen LogP contribution is -2.33. The number of anilines is 1. The van der Waals surface area contributed by atoms with Gasteiger partial charge in [0.15, 0.2) is 0 Å². The molecule has 1 aromatic carbocycles. The van der Waals surface area contributed by atoms with E-state index in [4.69, 9.17) is 15.6 Å². The Morgan fingerprint density at radius 3 is 2.81 bits per heavy atom. The number of benzene rings is 1. The third-order valence-corrected chi connectivity index (χ3v) is 4.38. The highest BCUT2D eigenvalue weighted by Gasteiger charge is 2.22. The average Bonchev–Trinajstić information content (AvgIpc) is 3.01. The molecule has 1 atom stereocenters. The molecule has 27 heavy (non-hydrogen) atoms. The first-order valence-electron chi connectivity index (χ1n) is 8.14. The number of hydrogen-bond acceptors (Lipinski definition) is 6. The standard InChI is InChI=1S/C17H21FN4O4S/c1-9-3-4-11(12(18)5-9)8-26-15-13(14(19)24)16(27-22-15)21-17(25)20-6-10(2)7-23/h3-5,10,23H,6-8H2,1-2H3,(H2,19,24)(H2,20,21,25). The number of aryl methyl sites for hydroxylation is 1. The van der Waals surface area contributed by atoms with Crippen LogP contribution in [0.3, 0.4) is 0 Å². The summed E-state index contributed by atoms with van der Waals surface area (Å²) >= 11 is 0.824. The largest absolute Gasteiger partial charge is 0.471 e. The molecule has 1 aromatic heterocycles.